The maximum Gasteiger partial charge on any atom is 0.392 e. The molecule has 0 rings (SSSR count). The van der Waals surface area contributed by atoms with Gasteiger partial charge in [-0.2, -0.15) is 26.3 Å². The largest absolute Gasteiger partial charge is 0.392 e. The van der Waals surface area contributed by atoms with Crippen molar-refractivity contribution in [2.45, 2.75) is 141 Å². The fraction of sp³-hybridized carbons (Fsp3) is 0.960. The summed E-state index contributed by atoms with van der Waals surface area (Å²) >= 11 is 0. The first-order valence-electron chi connectivity index (χ1n) is 13.1. The molecule has 0 aliphatic carbocycles. The van der Waals surface area contributed by atoms with E-state index in [-0.39, 0.29) is 25.9 Å². The van der Waals surface area contributed by atoms with Crippen molar-refractivity contribution in [1.82, 2.24) is 4.90 Å². The highest BCUT2D eigenvalue weighted by molar-refractivity contribution is 5.85. The van der Waals surface area contributed by atoms with Gasteiger partial charge in [0.2, 0.25) is 0 Å². The zero-order valence-electron chi connectivity index (χ0n) is 21.2. The molecule has 0 aliphatic rings. The van der Waals surface area contributed by atoms with Crippen LogP contribution in [0.3, 0.4) is 0 Å². The molecule has 0 aliphatic heterocycles. The van der Waals surface area contributed by atoms with Crippen molar-refractivity contribution in [3.05, 3.63) is 0 Å². The number of carbonyl (C=O) groups is 1. The fourth-order valence-electron chi connectivity index (χ4n) is 3.87. The third kappa shape index (κ3) is 11.2. The van der Waals surface area contributed by atoms with Crippen molar-refractivity contribution in [2.75, 3.05) is 13.1 Å². The fourth-order valence-corrected chi connectivity index (χ4v) is 3.87. The smallest absolute Gasteiger partial charge is 0.337 e. The summed E-state index contributed by atoms with van der Waals surface area (Å²) in [5.74, 6) is -21.3. The Morgan fingerprint density at radius 3 is 1.23 bits per heavy atom. The van der Waals surface area contributed by atoms with Crippen LogP contribution in [0.15, 0.2) is 0 Å². The average molecular weight is 526 g/mol. The number of hydrogen-bond donors (Lipinski definition) is 0. The van der Waals surface area contributed by atoms with Gasteiger partial charge in [-0.1, -0.05) is 104 Å². The van der Waals surface area contributed by atoms with Crippen LogP contribution in [0.5, 0.6) is 0 Å². The first-order valence-corrected chi connectivity index (χ1v) is 13.1. The predicted octanol–water partition coefficient (Wildman–Crippen LogP) is 9.27. The van der Waals surface area contributed by atoms with E-state index in [1.807, 2.05) is 0 Å². The van der Waals surface area contributed by atoms with E-state index in [0.717, 1.165) is 77.0 Å². The Kier molecular flexibility index (Phi) is 16.8. The first-order chi connectivity index (χ1) is 16.4. The van der Waals surface area contributed by atoms with E-state index < -0.39 is 30.1 Å². The normalized spacial score (nSPS) is 13.0. The van der Waals surface area contributed by atoms with E-state index in [4.69, 9.17) is 0 Å². The molecular formula is C25H43F8NO. The Morgan fingerprint density at radius 2 is 0.914 bits per heavy atom. The number of alkyl halides is 8. The number of rotatable bonds is 22. The van der Waals surface area contributed by atoms with Gasteiger partial charge >= 0.3 is 24.2 Å². The second kappa shape index (κ2) is 17.4. The summed E-state index contributed by atoms with van der Waals surface area (Å²) in [6.07, 6.45) is 8.41. The quantitative estimate of drug-likeness (QED) is 0.102. The molecule has 0 bridgehead atoms. The number of unbranched alkanes of at least 4 members (excludes halogenated alkanes) is 14. The molecule has 0 spiro atoms. The Bertz CT molecular complexity index is 538. The number of halogens is 8. The highest BCUT2D eigenvalue weighted by Gasteiger charge is 2.78. The zero-order valence-corrected chi connectivity index (χ0v) is 21.2. The minimum atomic E-state index is -6.51. The van der Waals surface area contributed by atoms with Gasteiger partial charge in [-0.25, -0.2) is 8.78 Å². The molecular weight excluding hydrogens is 482 g/mol. The summed E-state index contributed by atoms with van der Waals surface area (Å²) in [7, 11) is 0. The maximum atomic E-state index is 14.2. The minimum absolute atomic E-state index is 0.240. The first kappa shape index (κ1) is 33.9. The van der Waals surface area contributed by atoms with Crippen LogP contribution in [0.1, 0.15) is 117 Å². The van der Waals surface area contributed by atoms with Crippen molar-refractivity contribution < 1.29 is 39.9 Å². The zero-order chi connectivity index (χ0) is 27.0. The van der Waals surface area contributed by atoms with E-state index in [0.29, 0.717) is 17.7 Å². The SMILES string of the molecule is CCCCCCCCCCN(CCCCCCCCCC)C(=O)C(F)(F)C(F)(F)C(F)(F)C(F)F. The highest BCUT2D eigenvalue weighted by atomic mass is 19.4. The minimum Gasteiger partial charge on any atom is -0.337 e. The summed E-state index contributed by atoms with van der Waals surface area (Å²) in [6, 6.07) is 0. The maximum absolute atomic E-state index is 14.2. The molecule has 0 fully saturated rings. The third-order valence-corrected chi connectivity index (χ3v) is 6.21. The van der Waals surface area contributed by atoms with E-state index >= 15 is 0 Å². The summed E-state index contributed by atoms with van der Waals surface area (Å²) in [6.45, 7) is 3.54. The van der Waals surface area contributed by atoms with Crippen molar-refractivity contribution in [2.24, 2.45) is 0 Å². The van der Waals surface area contributed by atoms with Gasteiger partial charge in [-0.15, -0.1) is 0 Å². The van der Waals surface area contributed by atoms with Gasteiger partial charge in [-0.3, -0.25) is 4.79 Å². The Hall–Kier alpha value is -1.09. The lowest BCUT2D eigenvalue weighted by Crippen LogP contribution is -2.63. The summed E-state index contributed by atoms with van der Waals surface area (Å²) < 4.78 is 107. The summed E-state index contributed by atoms with van der Waals surface area (Å²) in [5, 5.41) is 0. The van der Waals surface area contributed by atoms with Crippen LogP contribution >= 0.6 is 0 Å². The van der Waals surface area contributed by atoms with Gasteiger partial charge in [0.25, 0.3) is 5.91 Å². The second-order valence-corrected chi connectivity index (χ2v) is 9.31. The lowest BCUT2D eigenvalue weighted by atomic mass is 10.0. The molecule has 35 heavy (non-hydrogen) atoms. The second-order valence-electron chi connectivity index (χ2n) is 9.31. The van der Waals surface area contributed by atoms with Gasteiger partial charge in [0.15, 0.2) is 0 Å². The molecule has 0 saturated carbocycles. The summed E-state index contributed by atoms with van der Waals surface area (Å²) in [4.78, 5) is 12.7. The Balaban J connectivity index is 5.03. The van der Waals surface area contributed by atoms with E-state index in [1.54, 1.807) is 0 Å². The van der Waals surface area contributed by atoms with Crippen molar-refractivity contribution in [3.63, 3.8) is 0 Å². The number of hydrogen-bond acceptors (Lipinski definition) is 1. The Morgan fingerprint density at radius 1 is 0.600 bits per heavy atom. The lowest BCUT2D eigenvalue weighted by Gasteiger charge is -2.34. The van der Waals surface area contributed by atoms with Crippen LogP contribution in [0.4, 0.5) is 35.1 Å². The molecule has 0 aromatic carbocycles. The molecule has 0 saturated heterocycles. The van der Waals surface area contributed by atoms with Crippen LogP contribution in [0.2, 0.25) is 0 Å². The molecule has 0 radical (unpaired) electrons. The van der Waals surface area contributed by atoms with Gasteiger partial charge in [0, 0.05) is 13.1 Å². The topological polar surface area (TPSA) is 20.3 Å². The van der Waals surface area contributed by atoms with Crippen LogP contribution in [0, 0.1) is 0 Å². The lowest BCUT2D eigenvalue weighted by molar-refractivity contribution is -0.329. The Labute approximate surface area is 205 Å². The summed E-state index contributed by atoms with van der Waals surface area (Å²) in [5.41, 5.74) is 0. The highest BCUT2D eigenvalue weighted by Crippen LogP contribution is 2.49. The molecule has 0 heterocycles. The van der Waals surface area contributed by atoms with E-state index in [9.17, 15) is 39.9 Å². The van der Waals surface area contributed by atoms with Crippen LogP contribution in [-0.2, 0) is 4.79 Å². The van der Waals surface area contributed by atoms with Crippen LogP contribution in [0.25, 0.3) is 0 Å². The molecule has 0 unspecified atom stereocenters. The van der Waals surface area contributed by atoms with E-state index in [1.165, 1.54) is 0 Å². The van der Waals surface area contributed by atoms with Crippen molar-refractivity contribution >= 4 is 5.91 Å². The van der Waals surface area contributed by atoms with Gasteiger partial charge in [0.05, 0.1) is 0 Å². The molecule has 210 valence electrons. The number of amides is 1. The molecule has 10 heteroatoms. The molecule has 0 N–H and O–H groups in total. The standard InChI is InChI=1S/C25H43F8NO/c1-3-5-7-9-11-13-15-17-19-34(20-18-16-14-12-10-8-6-4-2)22(35)24(30,31)25(32,33)23(28,29)21(26)27/h21H,3-20H2,1-2H3. The van der Waals surface area contributed by atoms with Crippen molar-refractivity contribution in [1.29, 1.82) is 0 Å². The van der Waals surface area contributed by atoms with Gasteiger partial charge < -0.3 is 4.90 Å². The molecule has 0 aromatic heterocycles. The molecule has 0 atom stereocenters. The molecule has 2 nitrogen and oxygen atoms in total. The molecule has 0 aromatic rings. The third-order valence-electron chi connectivity index (χ3n) is 6.21. The van der Waals surface area contributed by atoms with Crippen molar-refractivity contribution in [3.8, 4) is 0 Å². The van der Waals surface area contributed by atoms with Crippen LogP contribution < -0.4 is 0 Å². The molecule has 1 amide bonds. The number of nitrogens with zero attached hydrogens (tertiary/aromatic N) is 1. The number of carbonyl (C=O) groups excluding carboxylic acids is 1. The average Bonchev–Trinajstić information content (AvgIpc) is 2.80. The monoisotopic (exact) mass is 525 g/mol. The van der Waals surface area contributed by atoms with E-state index in [2.05, 4.69) is 13.8 Å². The predicted molar refractivity (Wildman–Crippen MR) is 123 cm³/mol. The van der Waals surface area contributed by atoms with Crippen LogP contribution in [-0.4, -0.2) is 48.1 Å². The van der Waals surface area contributed by atoms with Gasteiger partial charge in [0.1, 0.15) is 0 Å². The van der Waals surface area contributed by atoms with Gasteiger partial charge in [-0.05, 0) is 12.8 Å².